The van der Waals surface area contributed by atoms with Crippen molar-refractivity contribution in [1.29, 1.82) is 0 Å². The van der Waals surface area contributed by atoms with E-state index in [1.165, 1.54) is 0 Å². The molecule has 0 aliphatic carbocycles. The van der Waals surface area contributed by atoms with Crippen molar-refractivity contribution in [3.8, 4) is 0 Å². The zero-order valence-corrected chi connectivity index (χ0v) is 7.99. The van der Waals surface area contributed by atoms with E-state index in [0.29, 0.717) is 10.4 Å². The number of hydrogen-bond donors (Lipinski definition) is 0. The van der Waals surface area contributed by atoms with Gasteiger partial charge in [-0.3, -0.25) is 0 Å². The molecule has 0 amide bonds. The number of halogens is 1. The van der Waals surface area contributed by atoms with E-state index >= 15 is 0 Å². The largest absolute Gasteiger partial charge is 0.245 e. The van der Waals surface area contributed by atoms with Gasteiger partial charge in [0, 0.05) is 17.6 Å². The quantitative estimate of drug-likeness (QED) is 0.668. The van der Waals surface area contributed by atoms with E-state index in [1.54, 1.807) is 24.2 Å². The standard InChI is InChI=1S/C7H9ClN2S/c1-5(2)11-7-6(8)9-3-4-10-7/h3-5H,1-2H3. The van der Waals surface area contributed by atoms with Crippen LogP contribution >= 0.6 is 23.4 Å². The third-order valence-corrected chi connectivity index (χ3v) is 2.35. The molecule has 1 aromatic heterocycles. The first-order valence-electron chi connectivity index (χ1n) is 3.33. The zero-order chi connectivity index (χ0) is 8.27. The molecule has 0 N–H and O–H groups in total. The second-order valence-corrected chi connectivity index (χ2v) is 4.24. The van der Waals surface area contributed by atoms with Gasteiger partial charge < -0.3 is 0 Å². The van der Waals surface area contributed by atoms with Crippen molar-refractivity contribution in [2.45, 2.75) is 24.1 Å². The van der Waals surface area contributed by atoms with E-state index < -0.39 is 0 Å². The Morgan fingerprint density at radius 1 is 1.36 bits per heavy atom. The molecule has 60 valence electrons. The molecule has 0 aliphatic rings. The molecule has 0 aromatic carbocycles. The van der Waals surface area contributed by atoms with Gasteiger partial charge in [0.05, 0.1) is 0 Å². The fraction of sp³-hybridized carbons (Fsp3) is 0.429. The first-order valence-corrected chi connectivity index (χ1v) is 4.59. The molecule has 0 atom stereocenters. The van der Waals surface area contributed by atoms with Crippen LogP contribution in [0.5, 0.6) is 0 Å². The monoisotopic (exact) mass is 188 g/mol. The number of aromatic nitrogens is 2. The summed E-state index contributed by atoms with van der Waals surface area (Å²) in [5.74, 6) is 0. The zero-order valence-electron chi connectivity index (χ0n) is 6.41. The minimum Gasteiger partial charge on any atom is -0.245 e. The average Bonchev–Trinajstić information content (AvgIpc) is 1.93. The van der Waals surface area contributed by atoms with Crippen molar-refractivity contribution in [3.63, 3.8) is 0 Å². The van der Waals surface area contributed by atoms with Crippen LogP contribution in [0.3, 0.4) is 0 Å². The lowest BCUT2D eigenvalue weighted by Gasteiger charge is -2.03. The first kappa shape index (κ1) is 8.81. The maximum Gasteiger partial charge on any atom is 0.161 e. The molecule has 0 saturated carbocycles. The number of rotatable bonds is 2. The number of hydrogen-bond acceptors (Lipinski definition) is 3. The average molecular weight is 189 g/mol. The SMILES string of the molecule is CC(C)Sc1nccnc1Cl. The van der Waals surface area contributed by atoms with Crippen LogP contribution in [0.2, 0.25) is 5.15 Å². The van der Waals surface area contributed by atoms with Gasteiger partial charge in [-0.1, -0.05) is 25.4 Å². The molecule has 0 fully saturated rings. The number of thioether (sulfide) groups is 1. The van der Waals surface area contributed by atoms with Gasteiger partial charge in [-0.05, 0) is 0 Å². The van der Waals surface area contributed by atoms with Gasteiger partial charge >= 0.3 is 0 Å². The highest BCUT2D eigenvalue weighted by Crippen LogP contribution is 2.25. The van der Waals surface area contributed by atoms with Crippen LogP contribution in [-0.4, -0.2) is 15.2 Å². The van der Waals surface area contributed by atoms with E-state index in [4.69, 9.17) is 11.6 Å². The maximum absolute atomic E-state index is 5.77. The van der Waals surface area contributed by atoms with Crippen molar-refractivity contribution in [2.24, 2.45) is 0 Å². The molecule has 0 spiro atoms. The number of nitrogens with zero attached hydrogens (tertiary/aromatic N) is 2. The Labute approximate surface area is 75.4 Å². The Bertz CT molecular complexity index is 240. The van der Waals surface area contributed by atoms with Gasteiger partial charge in [0.15, 0.2) is 5.15 Å². The topological polar surface area (TPSA) is 25.8 Å². The highest BCUT2D eigenvalue weighted by molar-refractivity contribution is 7.99. The summed E-state index contributed by atoms with van der Waals surface area (Å²) >= 11 is 7.39. The second-order valence-electron chi connectivity index (χ2n) is 2.32. The fourth-order valence-electron chi connectivity index (χ4n) is 0.611. The smallest absolute Gasteiger partial charge is 0.161 e. The molecule has 0 bridgehead atoms. The van der Waals surface area contributed by atoms with Crippen LogP contribution in [0.15, 0.2) is 17.4 Å². The summed E-state index contributed by atoms with van der Waals surface area (Å²) in [6.07, 6.45) is 3.24. The van der Waals surface area contributed by atoms with Crippen LogP contribution in [0.25, 0.3) is 0 Å². The van der Waals surface area contributed by atoms with Crippen molar-refractivity contribution in [1.82, 2.24) is 9.97 Å². The van der Waals surface area contributed by atoms with E-state index in [2.05, 4.69) is 23.8 Å². The lowest BCUT2D eigenvalue weighted by atomic mass is 10.6. The minimum atomic E-state index is 0.490. The van der Waals surface area contributed by atoms with Crippen LogP contribution < -0.4 is 0 Å². The van der Waals surface area contributed by atoms with Crippen LogP contribution in [-0.2, 0) is 0 Å². The van der Waals surface area contributed by atoms with Gasteiger partial charge in [0.2, 0.25) is 0 Å². The van der Waals surface area contributed by atoms with Crippen LogP contribution in [0.4, 0.5) is 0 Å². The molecule has 2 nitrogen and oxygen atoms in total. The molecular weight excluding hydrogens is 180 g/mol. The second kappa shape index (κ2) is 3.93. The summed E-state index contributed by atoms with van der Waals surface area (Å²) in [6, 6.07) is 0. The molecule has 11 heavy (non-hydrogen) atoms. The van der Waals surface area contributed by atoms with Crippen LogP contribution in [0, 0.1) is 0 Å². The summed E-state index contributed by atoms with van der Waals surface area (Å²) in [6.45, 7) is 4.19. The minimum absolute atomic E-state index is 0.490. The normalized spacial score (nSPS) is 10.5. The molecular formula is C7H9ClN2S. The van der Waals surface area contributed by atoms with Crippen LogP contribution in [0.1, 0.15) is 13.8 Å². The third-order valence-electron chi connectivity index (χ3n) is 0.970. The van der Waals surface area contributed by atoms with Gasteiger partial charge in [-0.2, -0.15) is 0 Å². The summed E-state index contributed by atoms with van der Waals surface area (Å²) in [5.41, 5.74) is 0. The molecule has 1 heterocycles. The lowest BCUT2D eigenvalue weighted by Crippen LogP contribution is -1.90. The van der Waals surface area contributed by atoms with Crippen molar-refractivity contribution in [3.05, 3.63) is 17.5 Å². The fourth-order valence-corrected chi connectivity index (χ4v) is 1.57. The maximum atomic E-state index is 5.77. The summed E-state index contributed by atoms with van der Waals surface area (Å²) in [5, 5.41) is 1.79. The molecule has 1 rings (SSSR count). The molecule has 0 saturated heterocycles. The Hall–Kier alpha value is -0.280. The summed E-state index contributed by atoms with van der Waals surface area (Å²) in [4.78, 5) is 8.00. The third kappa shape index (κ3) is 2.67. The van der Waals surface area contributed by atoms with Crippen molar-refractivity contribution < 1.29 is 0 Å². The molecule has 0 aliphatic heterocycles. The molecule has 0 radical (unpaired) electrons. The Kier molecular flexibility index (Phi) is 3.15. The van der Waals surface area contributed by atoms with E-state index in [0.717, 1.165) is 5.03 Å². The van der Waals surface area contributed by atoms with Gasteiger partial charge in [0.25, 0.3) is 0 Å². The van der Waals surface area contributed by atoms with Crippen molar-refractivity contribution >= 4 is 23.4 Å². The Morgan fingerprint density at radius 3 is 2.55 bits per heavy atom. The first-order chi connectivity index (χ1) is 5.20. The Balaban J connectivity index is 2.78. The molecule has 0 unspecified atom stereocenters. The van der Waals surface area contributed by atoms with Gasteiger partial charge in [-0.15, -0.1) is 11.8 Å². The highest BCUT2D eigenvalue weighted by atomic mass is 35.5. The molecule has 1 aromatic rings. The predicted molar refractivity (Wildman–Crippen MR) is 48.0 cm³/mol. The molecule has 4 heteroatoms. The van der Waals surface area contributed by atoms with Crippen molar-refractivity contribution in [2.75, 3.05) is 0 Å². The Morgan fingerprint density at radius 2 is 2.00 bits per heavy atom. The summed E-state index contributed by atoms with van der Waals surface area (Å²) < 4.78 is 0. The summed E-state index contributed by atoms with van der Waals surface area (Å²) in [7, 11) is 0. The predicted octanol–water partition coefficient (Wildman–Crippen LogP) is 2.63. The lowest BCUT2D eigenvalue weighted by molar-refractivity contribution is 1.03. The van der Waals surface area contributed by atoms with E-state index in [-0.39, 0.29) is 0 Å². The van der Waals surface area contributed by atoms with E-state index in [1.807, 2.05) is 0 Å². The van der Waals surface area contributed by atoms with E-state index in [9.17, 15) is 0 Å². The van der Waals surface area contributed by atoms with Gasteiger partial charge in [0.1, 0.15) is 5.03 Å². The van der Waals surface area contributed by atoms with Gasteiger partial charge in [-0.25, -0.2) is 9.97 Å². The highest BCUT2D eigenvalue weighted by Gasteiger charge is 2.04.